The van der Waals surface area contributed by atoms with Crippen molar-refractivity contribution in [1.82, 2.24) is 15.0 Å². The molecule has 8 heteroatoms. The molecule has 0 atom stereocenters. The summed E-state index contributed by atoms with van der Waals surface area (Å²) < 4.78 is 26.9. The Kier molecular flexibility index (Phi) is 6.19. The summed E-state index contributed by atoms with van der Waals surface area (Å²) in [6, 6.07) is 9.71. The van der Waals surface area contributed by atoms with E-state index in [-0.39, 0.29) is 17.0 Å². The number of aromatic amines is 1. The van der Waals surface area contributed by atoms with E-state index in [4.69, 9.17) is 0 Å². The van der Waals surface area contributed by atoms with Crippen LogP contribution in [0, 0.1) is 20.8 Å². The van der Waals surface area contributed by atoms with Crippen molar-refractivity contribution in [2.75, 3.05) is 5.32 Å². The van der Waals surface area contributed by atoms with E-state index in [9.17, 15) is 13.2 Å². The maximum absolute atomic E-state index is 12.3. The Morgan fingerprint density at radius 3 is 2.37 bits per heavy atom. The van der Waals surface area contributed by atoms with Crippen LogP contribution in [0.15, 0.2) is 41.3 Å². The van der Waals surface area contributed by atoms with Gasteiger partial charge in [0.1, 0.15) is 0 Å². The fraction of sp³-hybridized carbons (Fsp3) is 0.318. The number of fused-ring (bicyclic) bond motifs is 1. The zero-order valence-electron chi connectivity index (χ0n) is 17.9. The zero-order valence-corrected chi connectivity index (χ0v) is 18.7. The Morgan fingerprint density at radius 1 is 1.07 bits per heavy atom. The van der Waals surface area contributed by atoms with E-state index in [1.54, 1.807) is 26.0 Å². The molecule has 0 aliphatic carbocycles. The summed E-state index contributed by atoms with van der Waals surface area (Å²) in [5, 5.41) is 6.76. The van der Waals surface area contributed by atoms with Crippen LogP contribution in [0.1, 0.15) is 36.2 Å². The zero-order chi connectivity index (χ0) is 22.1. The molecule has 4 N–H and O–H groups in total. The van der Waals surface area contributed by atoms with E-state index in [1.807, 2.05) is 13.8 Å². The minimum atomic E-state index is -3.56. The second-order valence-electron chi connectivity index (χ2n) is 7.83. The van der Waals surface area contributed by atoms with Gasteiger partial charge in [-0.3, -0.25) is 0 Å². The third-order valence-electron chi connectivity index (χ3n) is 4.90. The number of carbonyl (C=O) groups is 1. The van der Waals surface area contributed by atoms with Gasteiger partial charge >= 0.3 is 6.03 Å². The lowest BCUT2D eigenvalue weighted by molar-refractivity contribution is 0.252. The number of hydrogen-bond acceptors (Lipinski definition) is 3. The fourth-order valence-electron chi connectivity index (χ4n) is 3.37. The Morgan fingerprint density at radius 2 is 1.73 bits per heavy atom. The van der Waals surface area contributed by atoms with Gasteiger partial charge in [0.2, 0.25) is 10.0 Å². The minimum absolute atomic E-state index is 0.154. The predicted molar refractivity (Wildman–Crippen MR) is 120 cm³/mol. The average molecular weight is 429 g/mol. The number of aromatic nitrogens is 1. The molecule has 160 valence electrons. The molecule has 2 amide bonds. The first-order valence-electron chi connectivity index (χ1n) is 9.82. The number of sulfonamides is 1. The highest BCUT2D eigenvalue weighted by Crippen LogP contribution is 2.26. The van der Waals surface area contributed by atoms with Crippen molar-refractivity contribution in [1.29, 1.82) is 0 Å². The van der Waals surface area contributed by atoms with Crippen LogP contribution in [0.25, 0.3) is 10.9 Å². The minimum Gasteiger partial charge on any atom is -0.358 e. The van der Waals surface area contributed by atoms with Crippen molar-refractivity contribution in [2.45, 2.75) is 52.1 Å². The van der Waals surface area contributed by atoms with Gasteiger partial charge in [0.25, 0.3) is 0 Å². The standard InChI is InChI=1S/C22H28N4O3S/c1-13(2)26-30(28,29)19-8-6-18(7-9-19)25-22(27)23-12-17-10-14(3)11-20-15(4)16(5)24-21(17)20/h6-11,13,24,26H,12H2,1-5H3,(H2,23,25,27). The summed E-state index contributed by atoms with van der Waals surface area (Å²) in [6.45, 7) is 10.0. The number of aryl methyl sites for hydroxylation is 3. The molecule has 3 rings (SSSR count). The van der Waals surface area contributed by atoms with E-state index in [1.165, 1.54) is 17.7 Å². The predicted octanol–water partition coefficient (Wildman–Crippen LogP) is 4.10. The molecule has 1 heterocycles. The second-order valence-corrected chi connectivity index (χ2v) is 9.54. The summed E-state index contributed by atoms with van der Waals surface area (Å²) in [5.74, 6) is 0. The lowest BCUT2D eigenvalue weighted by atomic mass is 10.0. The molecule has 0 saturated heterocycles. The molecule has 0 fully saturated rings. The Hall–Kier alpha value is -2.84. The molecule has 1 aromatic heterocycles. The molecule has 7 nitrogen and oxygen atoms in total. The first kappa shape index (κ1) is 21.9. The lowest BCUT2D eigenvalue weighted by Gasteiger charge is -2.11. The van der Waals surface area contributed by atoms with Crippen LogP contribution in [0.2, 0.25) is 0 Å². The van der Waals surface area contributed by atoms with Crippen molar-refractivity contribution in [3.63, 3.8) is 0 Å². The van der Waals surface area contributed by atoms with Gasteiger partial charge < -0.3 is 15.6 Å². The van der Waals surface area contributed by atoms with Gasteiger partial charge in [-0.15, -0.1) is 0 Å². The van der Waals surface area contributed by atoms with Gasteiger partial charge in [-0.2, -0.15) is 0 Å². The van der Waals surface area contributed by atoms with Gasteiger partial charge in [0, 0.05) is 29.4 Å². The molecular formula is C22H28N4O3S. The largest absolute Gasteiger partial charge is 0.358 e. The highest BCUT2D eigenvalue weighted by molar-refractivity contribution is 7.89. The smallest absolute Gasteiger partial charge is 0.319 e. The Balaban J connectivity index is 1.67. The van der Waals surface area contributed by atoms with E-state index in [0.29, 0.717) is 12.2 Å². The van der Waals surface area contributed by atoms with Crippen LogP contribution in [-0.2, 0) is 16.6 Å². The molecule has 0 aliphatic heterocycles. The van der Waals surface area contributed by atoms with Crippen LogP contribution in [0.5, 0.6) is 0 Å². The number of rotatable bonds is 6. The monoisotopic (exact) mass is 428 g/mol. The second kappa shape index (κ2) is 8.49. The lowest BCUT2D eigenvalue weighted by Crippen LogP contribution is -2.30. The fourth-order valence-corrected chi connectivity index (χ4v) is 4.63. The van der Waals surface area contributed by atoms with Crippen LogP contribution < -0.4 is 15.4 Å². The molecule has 0 saturated carbocycles. The van der Waals surface area contributed by atoms with Crippen molar-refractivity contribution in [2.24, 2.45) is 0 Å². The van der Waals surface area contributed by atoms with Crippen molar-refractivity contribution in [3.05, 3.63) is 58.8 Å². The average Bonchev–Trinajstić information content (AvgIpc) is 2.94. The third kappa shape index (κ3) is 4.83. The number of benzene rings is 2. The molecule has 2 aromatic carbocycles. The Bertz CT molecular complexity index is 1180. The van der Waals surface area contributed by atoms with Crippen molar-refractivity contribution < 1.29 is 13.2 Å². The molecule has 0 radical (unpaired) electrons. The van der Waals surface area contributed by atoms with E-state index in [0.717, 1.165) is 27.7 Å². The van der Waals surface area contributed by atoms with Crippen LogP contribution in [0.3, 0.4) is 0 Å². The van der Waals surface area contributed by atoms with Crippen molar-refractivity contribution in [3.8, 4) is 0 Å². The Labute approximate surface area is 177 Å². The quantitative estimate of drug-likeness (QED) is 0.475. The molecule has 0 aliphatic rings. The third-order valence-corrected chi connectivity index (χ3v) is 6.57. The molecule has 0 bridgehead atoms. The molecule has 0 unspecified atom stereocenters. The number of H-pyrrole nitrogens is 1. The maximum Gasteiger partial charge on any atom is 0.319 e. The van der Waals surface area contributed by atoms with Crippen LogP contribution in [0.4, 0.5) is 10.5 Å². The summed E-state index contributed by atoms with van der Waals surface area (Å²) in [5.41, 5.74) is 6.01. The molecule has 3 aromatic rings. The van der Waals surface area contributed by atoms with E-state index in [2.05, 4.69) is 39.4 Å². The van der Waals surface area contributed by atoms with Crippen LogP contribution in [-0.4, -0.2) is 25.5 Å². The van der Waals surface area contributed by atoms with Gasteiger partial charge in [-0.1, -0.05) is 11.6 Å². The summed E-state index contributed by atoms with van der Waals surface area (Å²) >= 11 is 0. The summed E-state index contributed by atoms with van der Waals surface area (Å²) in [7, 11) is -3.56. The number of amides is 2. The van der Waals surface area contributed by atoms with Gasteiger partial charge in [0.15, 0.2) is 0 Å². The molecule has 30 heavy (non-hydrogen) atoms. The first-order chi connectivity index (χ1) is 14.1. The highest BCUT2D eigenvalue weighted by Gasteiger charge is 2.15. The highest BCUT2D eigenvalue weighted by atomic mass is 32.2. The van der Waals surface area contributed by atoms with Crippen LogP contribution >= 0.6 is 0 Å². The van der Waals surface area contributed by atoms with Gasteiger partial charge in [-0.05, 0) is 76.1 Å². The number of carbonyl (C=O) groups excluding carboxylic acids is 1. The number of urea groups is 1. The maximum atomic E-state index is 12.3. The van der Waals surface area contributed by atoms with E-state index >= 15 is 0 Å². The number of anilines is 1. The van der Waals surface area contributed by atoms with Gasteiger partial charge in [0.05, 0.1) is 10.4 Å². The topological polar surface area (TPSA) is 103 Å². The van der Waals surface area contributed by atoms with Crippen molar-refractivity contribution >= 4 is 32.6 Å². The van der Waals surface area contributed by atoms with Gasteiger partial charge in [-0.25, -0.2) is 17.9 Å². The van der Waals surface area contributed by atoms with E-state index < -0.39 is 10.0 Å². The number of hydrogen-bond donors (Lipinski definition) is 4. The normalized spacial score (nSPS) is 11.8. The molecule has 0 spiro atoms. The summed E-state index contributed by atoms with van der Waals surface area (Å²) in [6.07, 6.45) is 0. The molecular weight excluding hydrogens is 400 g/mol. The number of nitrogens with one attached hydrogen (secondary N) is 4. The summed E-state index contributed by atoms with van der Waals surface area (Å²) in [4.78, 5) is 15.9. The SMILES string of the molecule is Cc1cc(CNC(=O)Nc2ccc(S(=O)(=O)NC(C)C)cc2)c2[nH]c(C)c(C)c2c1. The first-order valence-corrected chi connectivity index (χ1v) is 11.3.